The van der Waals surface area contributed by atoms with E-state index in [1.165, 1.54) is 66.0 Å². The molecule has 0 atom stereocenters. The summed E-state index contributed by atoms with van der Waals surface area (Å²) in [5.74, 6) is 0. The molecule has 3 heterocycles. The predicted octanol–water partition coefficient (Wildman–Crippen LogP) is 12.3. The molecule has 234 valence electrons. The summed E-state index contributed by atoms with van der Waals surface area (Å²) >= 11 is 0. The van der Waals surface area contributed by atoms with E-state index in [4.69, 9.17) is 4.98 Å². The van der Waals surface area contributed by atoms with Crippen molar-refractivity contribution in [2.24, 2.45) is 0 Å². The van der Waals surface area contributed by atoms with E-state index < -0.39 is 0 Å². The Labute approximate surface area is 290 Å². The first-order chi connectivity index (χ1) is 24.8. The van der Waals surface area contributed by atoms with E-state index in [9.17, 15) is 0 Å². The number of pyridine rings is 1. The standard InChI is InChI=1S/C47H31N3/c1-3-11-32(12-4-1)36-22-27-43(48-31-36)33-19-24-38(25-20-33)49-45-18-10-8-16-40(45)42-29-34(23-28-46(42)49)35-21-26-41-39-15-7-9-17-44(39)50(47(41)30-35)37-13-5-2-6-14-37/h1-31H. The van der Waals surface area contributed by atoms with Gasteiger partial charge in [0.1, 0.15) is 0 Å². The van der Waals surface area contributed by atoms with Gasteiger partial charge in [0.25, 0.3) is 0 Å². The Kier molecular flexibility index (Phi) is 6.49. The van der Waals surface area contributed by atoms with Crippen LogP contribution < -0.4 is 0 Å². The highest BCUT2D eigenvalue weighted by molar-refractivity contribution is 6.12. The minimum absolute atomic E-state index is 0.964. The Hall–Kier alpha value is -6.71. The summed E-state index contributed by atoms with van der Waals surface area (Å²) in [6.45, 7) is 0. The van der Waals surface area contributed by atoms with Gasteiger partial charge in [-0.3, -0.25) is 4.98 Å². The normalized spacial score (nSPS) is 11.6. The van der Waals surface area contributed by atoms with E-state index in [0.717, 1.165) is 22.5 Å². The zero-order valence-corrected chi connectivity index (χ0v) is 27.2. The summed E-state index contributed by atoms with van der Waals surface area (Å²) in [7, 11) is 0. The highest BCUT2D eigenvalue weighted by Gasteiger charge is 2.16. The zero-order chi connectivity index (χ0) is 33.0. The van der Waals surface area contributed by atoms with Crippen molar-refractivity contribution in [3.63, 3.8) is 0 Å². The van der Waals surface area contributed by atoms with E-state index in [1.807, 2.05) is 12.3 Å². The molecule has 0 radical (unpaired) electrons. The number of rotatable bonds is 5. The lowest BCUT2D eigenvalue weighted by Gasteiger charge is -2.11. The van der Waals surface area contributed by atoms with Gasteiger partial charge in [0, 0.05) is 50.2 Å². The SMILES string of the molecule is c1ccc(-c2ccc(-c3ccc(-n4c5ccccc5c5cc(-c6ccc7c8ccccc8n(-c8ccccc8)c7c6)ccc54)cc3)nc2)cc1. The van der Waals surface area contributed by atoms with Crippen molar-refractivity contribution < 1.29 is 0 Å². The summed E-state index contributed by atoms with van der Waals surface area (Å²) in [5.41, 5.74) is 13.9. The summed E-state index contributed by atoms with van der Waals surface area (Å²) in [6, 6.07) is 65.3. The molecular formula is C47H31N3. The molecule has 0 spiro atoms. The average Bonchev–Trinajstić information content (AvgIpc) is 3.71. The fourth-order valence-corrected chi connectivity index (χ4v) is 7.58. The lowest BCUT2D eigenvalue weighted by atomic mass is 10.0. The fraction of sp³-hybridized carbons (Fsp3) is 0. The Morgan fingerprint density at radius 2 is 0.820 bits per heavy atom. The van der Waals surface area contributed by atoms with Crippen molar-refractivity contribution in [2.45, 2.75) is 0 Å². The van der Waals surface area contributed by atoms with Gasteiger partial charge >= 0.3 is 0 Å². The van der Waals surface area contributed by atoms with Crippen LogP contribution in [0.4, 0.5) is 0 Å². The summed E-state index contributed by atoms with van der Waals surface area (Å²) < 4.78 is 4.76. The lowest BCUT2D eigenvalue weighted by Crippen LogP contribution is -1.94. The Morgan fingerprint density at radius 3 is 1.54 bits per heavy atom. The maximum Gasteiger partial charge on any atom is 0.0702 e. The van der Waals surface area contributed by atoms with Gasteiger partial charge in [0.2, 0.25) is 0 Å². The van der Waals surface area contributed by atoms with Gasteiger partial charge in [-0.2, -0.15) is 0 Å². The minimum Gasteiger partial charge on any atom is -0.309 e. The molecule has 3 heteroatoms. The Balaban J connectivity index is 1.06. The second-order valence-corrected chi connectivity index (χ2v) is 12.8. The van der Waals surface area contributed by atoms with Gasteiger partial charge in [0.15, 0.2) is 0 Å². The number of benzene rings is 7. The van der Waals surface area contributed by atoms with Crippen LogP contribution in [0.5, 0.6) is 0 Å². The van der Waals surface area contributed by atoms with Crippen LogP contribution >= 0.6 is 0 Å². The largest absolute Gasteiger partial charge is 0.309 e. The summed E-state index contributed by atoms with van der Waals surface area (Å²) in [5, 5.41) is 5.01. The van der Waals surface area contributed by atoms with Gasteiger partial charge in [-0.05, 0) is 77.4 Å². The molecule has 0 saturated heterocycles. The molecule has 0 unspecified atom stereocenters. The Bertz CT molecular complexity index is 2830. The smallest absolute Gasteiger partial charge is 0.0702 e. The van der Waals surface area contributed by atoms with Crippen LogP contribution in [0, 0.1) is 0 Å². The maximum atomic E-state index is 4.80. The van der Waals surface area contributed by atoms with E-state index in [-0.39, 0.29) is 0 Å². The molecular weight excluding hydrogens is 607 g/mol. The molecule has 0 N–H and O–H groups in total. The topological polar surface area (TPSA) is 22.8 Å². The molecule has 0 aliphatic rings. The molecule has 7 aromatic carbocycles. The van der Waals surface area contributed by atoms with Gasteiger partial charge in [-0.25, -0.2) is 0 Å². The van der Waals surface area contributed by atoms with Gasteiger partial charge < -0.3 is 9.13 Å². The number of para-hydroxylation sites is 3. The van der Waals surface area contributed by atoms with Crippen LogP contribution in [0.25, 0.3) is 88.5 Å². The minimum atomic E-state index is 0.964. The van der Waals surface area contributed by atoms with Crippen molar-refractivity contribution in [3.05, 3.63) is 188 Å². The molecule has 0 amide bonds. The number of hydrogen-bond donors (Lipinski definition) is 0. The van der Waals surface area contributed by atoms with Gasteiger partial charge in [0.05, 0.1) is 27.8 Å². The van der Waals surface area contributed by atoms with Crippen LogP contribution in [-0.4, -0.2) is 14.1 Å². The number of hydrogen-bond acceptors (Lipinski definition) is 1. The number of fused-ring (bicyclic) bond motifs is 6. The van der Waals surface area contributed by atoms with Crippen molar-refractivity contribution in [3.8, 4) is 44.9 Å². The lowest BCUT2D eigenvalue weighted by molar-refractivity contribution is 1.18. The average molecular weight is 638 g/mol. The predicted molar refractivity (Wildman–Crippen MR) is 209 cm³/mol. The Morgan fingerprint density at radius 1 is 0.300 bits per heavy atom. The molecule has 50 heavy (non-hydrogen) atoms. The summed E-state index contributed by atoms with van der Waals surface area (Å²) in [6.07, 6.45) is 1.96. The van der Waals surface area contributed by atoms with Crippen LogP contribution in [-0.2, 0) is 0 Å². The van der Waals surface area contributed by atoms with Crippen LogP contribution in [0.3, 0.4) is 0 Å². The molecule has 0 aliphatic heterocycles. The van der Waals surface area contributed by atoms with Crippen molar-refractivity contribution in [2.75, 3.05) is 0 Å². The molecule has 0 saturated carbocycles. The first kappa shape index (κ1) is 28.3. The maximum absolute atomic E-state index is 4.80. The molecule has 3 nitrogen and oxygen atoms in total. The molecule has 3 aromatic heterocycles. The molecule has 0 aliphatic carbocycles. The summed E-state index contributed by atoms with van der Waals surface area (Å²) in [4.78, 5) is 4.80. The molecule has 0 fully saturated rings. The third-order valence-corrected chi connectivity index (χ3v) is 9.99. The van der Waals surface area contributed by atoms with Crippen molar-refractivity contribution >= 4 is 43.6 Å². The van der Waals surface area contributed by atoms with E-state index in [2.05, 4.69) is 185 Å². The van der Waals surface area contributed by atoms with E-state index in [0.29, 0.717) is 0 Å². The highest BCUT2D eigenvalue weighted by atomic mass is 15.0. The number of aromatic nitrogens is 3. The first-order valence-corrected chi connectivity index (χ1v) is 17.0. The second kappa shape index (κ2) is 11.5. The molecule has 10 rings (SSSR count). The van der Waals surface area contributed by atoms with Crippen molar-refractivity contribution in [1.82, 2.24) is 14.1 Å². The molecule has 0 bridgehead atoms. The third-order valence-electron chi connectivity index (χ3n) is 9.99. The number of nitrogens with zero attached hydrogens (tertiary/aromatic N) is 3. The quantitative estimate of drug-likeness (QED) is 0.184. The molecule has 10 aromatic rings. The first-order valence-electron chi connectivity index (χ1n) is 17.0. The monoisotopic (exact) mass is 637 g/mol. The fourth-order valence-electron chi connectivity index (χ4n) is 7.58. The second-order valence-electron chi connectivity index (χ2n) is 12.8. The van der Waals surface area contributed by atoms with Crippen LogP contribution in [0.15, 0.2) is 188 Å². The van der Waals surface area contributed by atoms with Gasteiger partial charge in [-0.1, -0.05) is 121 Å². The zero-order valence-electron chi connectivity index (χ0n) is 27.2. The van der Waals surface area contributed by atoms with E-state index in [1.54, 1.807) is 0 Å². The highest BCUT2D eigenvalue weighted by Crippen LogP contribution is 2.38. The van der Waals surface area contributed by atoms with Gasteiger partial charge in [-0.15, -0.1) is 0 Å². The van der Waals surface area contributed by atoms with Crippen LogP contribution in [0.1, 0.15) is 0 Å². The van der Waals surface area contributed by atoms with Crippen LogP contribution in [0.2, 0.25) is 0 Å². The van der Waals surface area contributed by atoms with E-state index >= 15 is 0 Å². The third kappa shape index (κ3) is 4.56. The van der Waals surface area contributed by atoms with Crippen molar-refractivity contribution in [1.29, 1.82) is 0 Å².